The van der Waals surface area contributed by atoms with Crippen LogP contribution in [0.5, 0.6) is 0 Å². The Hall–Kier alpha value is -3.43. The van der Waals surface area contributed by atoms with Crippen molar-refractivity contribution in [1.82, 2.24) is 15.1 Å². The van der Waals surface area contributed by atoms with Crippen LogP contribution < -0.4 is 10.6 Å². The van der Waals surface area contributed by atoms with E-state index in [0.717, 1.165) is 24.2 Å². The maximum absolute atomic E-state index is 13.2. The lowest BCUT2D eigenvalue weighted by molar-refractivity contribution is -0.147. The highest BCUT2D eigenvalue weighted by atomic mass is 16.4. The molecule has 2 aliphatic carbocycles. The van der Waals surface area contributed by atoms with Crippen LogP contribution in [0.1, 0.15) is 78.5 Å². The number of amides is 5. The number of hydrogen-bond acceptors (Lipinski definition) is 6. The van der Waals surface area contributed by atoms with Crippen molar-refractivity contribution in [3.63, 3.8) is 0 Å². The molecular weight excluding hydrogens is 476 g/mol. The third-order valence-corrected chi connectivity index (χ3v) is 9.37. The van der Waals surface area contributed by atoms with E-state index in [1.165, 1.54) is 30.6 Å². The molecule has 10 nitrogen and oxygen atoms in total. The van der Waals surface area contributed by atoms with Crippen LogP contribution in [0.3, 0.4) is 0 Å². The summed E-state index contributed by atoms with van der Waals surface area (Å²) in [6.07, 6.45) is 7.21. The number of piperidine rings is 2. The Morgan fingerprint density at radius 3 is 2.46 bits per heavy atom. The molecule has 0 bridgehead atoms. The zero-order valence-electron chi connectivity index (χ0n) is 20.8. The van der Waals surface area contributed by atoms with Crippen molar-refractivity contribution in [1.29, 1.82) is 0 Å². The first-order valence-electron chi connectivity index (χ1n) is 13.3. The smallest absolute Gasteiger partial charge is 0.407 e. The van der Waals surface area contributed by atoms with Crippen LogP contribution in [0.4, 0.5) is 10.5 Å². The summed E-state index contributed by atoms with van der Waals surface area (Å²) in [6, 6.07) is 4.17. The van der Waals surface area contributed by atoms with E-state index < -0.39 is 35.8 Å². The number of anilines is 1. The van der Waals surface area contributed by atoms with Gasteiger partial charge in [0, 0.05) is 31.7 Å². The van der Waals surface area contributed by atoms with E-state index in [-0.39, 0.29) is 18.4 Å². The van der Waals surface area contributed by atoms with Gasteiger partial charge in [-0.1, -0.05) is 6.07 Å². The second-order valence-electron chi connectivity index (χ2n) is 11.8. The number of imide groups is 2. The molecule has 4 fully saturated rings. The van der Waals surface area contributed by atoms with Gasteiger partial charge in [-0.2, -0.15) is 0 Å². The Morgan fingerprint density at radius 2 is 1.78 bits per heavy atom. The number of benzene rings is 1. The first kappa shape index (κ1) is 23.9. The molecule has 0 radical (unpaired) electrons. The van der Waals surface area contributed by atoms with Gasteiger partial charge in [0.05, 0.1) is 11.1 Å². The van der Waals surface area contributed by atoms with Gasteiger partial charge >= 0.3 is 6.09 Å². The van der Waals surface area contributed by atoms with E-state index in [2.05, 4.69) is 10.6 Å². The third-order valence-electron chi connectivity index (χ3n) is 9.37. The molecule has 2 saturated carbocycles. The zero-order valence-corrected chi connectivity index (χ0v) is 20.8. The Balaban J connectivity index is 1.01. The van der Waals surface area contributed by atoms with Crippen molar-refractivity contribution >= 4 is 35.4 Å². The number of nitrogens with zero attached hydrogens (tertiary/aromatic N) is 2. The van der Waals surface area contributed by atoms with Gasteiger partial charge in [0.15, 0.2) is 0 Å². The Bertz CT molecular complexity index is 1190. The Labute approximate surface area is 214 Å². The van der Waals surface area contributed by atoms with Crippen molar-refractivity contribution in [2.75, 3.05) is 25.0 Å². The summed E-state index contributed by atoms with van der Waals surface area (Å²) < 4.78 is 0. The van der Waals surface area contributed by atoms with Crippen LogP contribution in [0, 0.1) is 16.7 Å². The van der Waals surface area contributed by atoms with Crippen molar-refractivity contribution in [2.45, 2.75) is 63.8 Å². The summed E-state index contributed by atoms with van der Waals surface area (Å²) in [4.78, 5) is 63.7. The molecule has 196 valence electrons. The molecule has 37 heavy (non-hydrogen) atoms. The maximum Gasteiger partial charge on any atom is 0.407 e. The molecule has 2 spiro atoms. The molecule has 1 aromatic carbocycles. The van der Waals surface area contributed by atoms with E-state index in [4.69, 9.17) is 0 Å². The highest BCUT2D eigenvalue weighted by molar-refractivity contribution is 6.25. The zero-order chi connectivity index (χ0) is 25.9. The average Bonchev–Trinajstić information content (AvgIpc) is 3.07. The monoisotopic (exact) mass is 508 g/mol. The molecule has 3 aliphatic heterocycles. The van der Waals surface area contributed by atoms with Gasteiger partial charge in [-0.15, -0.1) is 0 Å². The number of nitrogens with one attached hydrogen (secondary N) is 2. The number of carboxylic acid groups (broad SMARTS) is 1. The minimum atomic E-state index is -0.966. The Morgan fingerprint density at radius 1 is 1.05 bits per heavy atom. The molecule has 6 rings (SSSR count). The molecule has 0 aromatic heterocycles. The summed E-state index contributed by atoms with van der Waals surface area (Å²) in [6.45, 7) is 2.00. The first-order valence-corrected chi connectivity index (χ1v) is 13.3. The predicted octanol–water partition coefficient (Wildman–Crippen LogP) is 2.84. The van der Waals surface area contributed by atoms with Crippen LogP contribution in [-0.4, -0.2) is 70.3 Å². The first-order chi connectivity index (χ1) is 17.7. The number of likely N-dealkylation sites (tertiary alicyclic amines) is 1. The number of rotatable bonds is 5. The maximum atomic E-state index is 13.2. The predicted molar refractivity (Wildman–Crippen MR) is 132 cm³/mol. The SMILES string of the molecule is O=C1CCC(N2C(=O)c3cccc(NCCC4CC5(C4)CC4(CCN(C(=O)O)CC4)C5)c3C2=O)C(=O)N1. The molecule has 2 saturated heterocycles. The molecule has 3 N–H and O–H groups in total. The van der Waals surface area contributed by atoms with Gasteiger partial charge in [-0.25, -0.2) is 4.79 Å². The van der Waals surface area contributed by atoms with Crippen LogP contribution >= 0.6 is 0 Å². The summed E-state index contributed by atoms with van der Waals surface area (Å²) >= 11 is 0. The molecule has 1 aromatic rings. The minimum Gasteiger partial charge on any atom is -0.465 e. The van der Waals surface area contributed by atoms with E-state index in [9.17, 15) is 29.1 Å². The molecule has 1 atom stereocenters. The molecular formula is C27H32N4O6. The van der Waals surface area contributed by atoms with E-state index in [1.54, 1.807) is 18.2 Å². The fourth-order valence-corrected chi connectivity index (χ4v) is 7.80. The minimum absolute atomic E-state index is 0.0969. The van der Waals surface area contributed by atoms with Crippen LogP contribution in [0.15, 0.2) is 18.2 Å². The summed E-state index contributed by atoms with van der Waals surface area (Å²) in [5, 5.41) is 14.8. The third kappa shape index (κ3) is 3.97. The van der Waals surface area contributed by atoms with Gasteiger partial charge in [-0.05, 0) is 80.2 Å². The summed E-state index contributed by atoms with van der Waals surface area (Å²) in [5.41, 5.74) is 1.98. The number of carbonyl (C=O) groups excluding carboxylic acids is 4. The van der Waals surface area contributed by atoms with Gasteiger partial charge in [0.25, 0.3) is 11.8 Å². The van der Waals surface area contributed by atoms with E-state index >= 15 is 0 Å². The van der Waals surface area contributed by atoms with Crippen molar-refractivity contribution in [2.24, 2.45) is 16.7 Å². The van der Waals surface area contributed by atoms with Crippen molar-refractivity contribution in [3.05, 3.63) is 29.3 Å². The lowest BCUT2D eigenvalue weighted by Gasteiger charge is -2.65. The lowest BCUT2D eigenvalue weighted by atomic mass is 9.40. The van der Waals surface area contributed by atoms with Crippen molar-refractivity contribution in [3.8, 4) is 0 Å². The van der Waals surface area contributed by atoms with Gasteiger partial charge in [0.2, 0.25) is 11.8 Å². The van der Waals surface area contributed by atoms with Crippen molar-refractivity contribution < 1.29 is 29.1 Å². The lowest BCUT2D eigenvalue weighted by Crippen LogP contribution is -2.57. The number of hydrogen-bond donors (Lipinski definition) is 3. The highest BCUT2D eigenvalue weighted by Gasteiger charge is 2.59. The molecule has 1 unspecified atom stereocenters. The van der Waals surface area contributed by atoms with Gasteiger partial charge < -0.3 is 15.3 Å². The van der Waals surface area contributed by atoms with Gasteiger partial charge in [0.1, 0.15) is 6.04 Å². The average molecular weight is 509 g/mol. The number of fused-ring (bicyclic) bond motifs is 1. The van der Waals surface area contributed by atoms with Crippen LogP contribution in [0.2, 0.25) is 0 Å². The van der Waals surface area contributed by atoms with E-state index in [0.29, 0.717) is 47.6 Å². The highest BCUT2D eigenvalue weighted by Crippen LogP contribution is 2.69. The number of carbonyl (C=O) groups is 5. The van der Waals surface area contributed by atoms with Gasteiger partial charge in [-0.3, -0.25) is 29.4 Å². The van der Waals surface area contributed by atoms with Crippen LogP contribution in [-0.2, 0) is 9.59 Å². The normalized spacial score (nSPS) is 26.1. The molecule has 5 amide bonds. The molecule has 10 heteroatoms. The Kier molecular flexibility index (Phi) is 5.54. The second-order valence-corrected chi connectivity index (χ2v) is 11.8. The molecule has 5 aliphatic rings. The van der Waals surface area contributed by atoms with Crippen LogP contribution in [0.25, 0.3) is 0 Å². The molecule has 3 heterocycles. The summed E-state index contributed by atoms with van der Waals surface area (Å²) in [7, 11) is 0. The summed E-state index contributed by atoms with van der Waals surface area (Å²) in [5.74, 6) is -1.36. The quantitative estimate of drug-likeness (QED) is 0.520. The van der Waals surface area contributed by atoms with E-state index in [1.807, 2.05) is 0 Å². The topological polar surface area (TPSA) is 136 Å². The fourth-order valence-electron chi connectivity index (χ4n) is 7.80. The fraction of sp³-hybridized carbons (Fsp3) is 0.593. The second kappa shape index (κ2) is 8.56. The standard InChI is InChI=1S/C27H32N4O6/c32-20-5-4-19(22(33)29-20)31-23(34)17-2-1-3-18(21(17)24(31)35)28-9-6-16-12-27(13-16)14-26(15-27)7-10-30(11-8-26)25(36)37/h1-3,16,19,28H,4-15H2,(H,36,37)(H,29,32,33). The largest absolute Gasteiger partial charge is 0.465 e.